The zero-order valence-corrected chi connectivity index (χ0v) is 11.5. The van der Waals surface area contributed by atoms with Crippen LogP contribution in [-0.2, 0) is 16.4 Å². The van der Waals surface area contributed by atoms with E-state index in [2.05, 4.69) is 17.2 Å². The molecule has 0 saturated carbocycles. The summed E-state index contributed by atoms with van der Waals surface area (Å²) in [7, 11) is -2.75. The number of rotatable bonds is 4. The van der Waals surface area contributed by atoms with Crippen LogP contribution in [0.4, 0.5) is 0 Å². The summed E-state index contributed by atoms with van der Waals surface area (Å²) in [4.78, 5) is 4.07. The summed E-state index contributed by atoms with van der Waals surface area (Å²) >= 11 is 0. The minimum atomic E-state index is -2.75. The van der Waals surface area contributed by atoms with Gasteiger partial charge in [0.05, 0.1) is 11.5 Å². The minimum Gasteiger partial charge on any atom is -0.310 e. The first-order valence-corrected chi connectivity index (χ1v) is 8.22. The summed E-state index contributed by atoms with van der Waals surface area (Å²) < 4.78 is 22.7. The third-order valence-electron chi connectivity index (χ3n) is 3.66. The number of hydrogen-bond donors (Lipinski definition) is 1. The van der Waals surface area contributed by atoms with Crippen LogP contribution in [0.25, 0.3) is 0 Å². The summed E-state index contributed by atoms with van der Waals surface area (Å²) in [5.41, 5.74) is 1.16. The Bertz CT molecular complexity index is 459. The van der Waals surface area contributed by atoms with Gasteiger partial charge in [-0.25, -0.2) is 8.42 Å². The lowest BCUT2D eigenvalue weighted by Gasteiger charge is -2.28. The molecule has 2 heterocycles. The van der Waals surface area contributed by atoms with Gasteiger partial charge in [-0.15, -0.1) is 0 Å². The van der Waals surface area contributed by atoms with E-state index >= 15 is 0 Å². The first-order valence-electron chi connectivity index (χ1n) is 6.39. The van der Waals surface area contributed by atoms with Gasteiger partial charge in [-0.2, -0.15) is 0 Å². The van der Waals surface area contributed by atoms with Crippen LogP contribution in [-0.4, -0.2) is 30.9 Å². The summed E-state index contributed by atoms with van der Waals surface area (Å²) in [5.74, 6) is 1.15. The molecule has 18 heavy (non-hydrogen) atoms. The van der Waals surface area contributed by atoms with Crippen LogP contribution in [0.2, 0.25) is 0 Å². The maximum absolute atomic E-state index is 11.4. The zero-order valence-electron chi connectivity index (χ0n) is 10.7. The van der Waals surface area contributed by atoms with Crippen molar-refractivity contribution in [2.24, 2.45) is 5.92 Å². The van der Waals surface area contributed by atoms with Crippen molar-refractivity contribution in [2.75, 3.05) is 11.5 Å². The molecule has 1 aromatic heterocycles. The first kappa shape index (κ1) is 13.5. The van der Waals surface area contributed by atoms with Gasteiger partial charge in [0.15, 0.2) is 0 Å². The summed E-state index contributed by atoms with van der Waals surface area (Å²) in [6, 6.07) is 4.31. The fourth-order valence-corrected chi connectivity index (χ4v) is 3.88. The third kappa shape index (κ3) is 3.78. The van der Waals surface area contributed by atoms with E-state index < -0.39 is 9.84 Å². The lowest BCUT2D eigenvalue weighted by atomic mass is 9.95. The van der Waals surface area contributed by atoms with Crippen LogP contribution < -0.4 is 5.32 Å². The van der Waals surface area contributed by atoms with Crippen LogP contribution in [0.15, 0.2) is 24.5 Å². The Morgan fingerprint density at radius 1 is 1.44 bits per heavy atom. The van der Waals surface area contributed by atoms with Gasteiger partial charge in [-0.1, -0.05) is 6.07 Å². The van der Waals surface area contributed by atoms with E-state index in [1.807, 2.05) is 18.3 Å². The Labute approximate surface area is 109 Å². The molecule has 4 nitrogen and oxygen atoms in total. The van der Waals surface area contributed by atoms with Crippen molar-refractivity contribution in [3.05, 3.63) is 30.1 Å². The van der Waals surface area contributed by atoms with E-state index in [-0.39, 0.29) is 0 Å². The molecule has 1 aliphatic heterocycles. The van der Waals surface area contributed by atoms with Gasteiger partial charge in [0, 0.05) is 25.0 Å². The van der Waals surface area contributed by atoms with Crippen LogP contribution >= 0.6 is 0 Å². The van der Waals surface area contributed by atoms with Gasteiger partial charge in [-0.3, -0.25) is 4.98 Å². The quantitative estimate of drug-likeness (QED) is 0.896. The molecule has 1 fully saturated rings. The number of aromatic nitrogens is 1. The SMILES string of the molecule is CC(NCc1cccnc1)C1CCS(=O)(=O)CC1. The Balaban J connectivity index is 1.80. The average Bonchev–Trinajstić information content (AvgIpc) is 2.37. The van der Waals surface area contributed by atoms with Crippen molar-refractivity contribution >= 4 is 9.84 Å². The van der Waals surface area contributed by atoms with Gasteiger partial charge in [-0.05, 0) is 37.3 Å². The molecule has 5 heteroatoms. The van der Waals surface area contributed by atoms with Gasteiger partial charge in [0.25, 0.3) is 0 Å². The molecule has 0 bridgehead atoms. The van der Waals surface area contributed by atoms with Crippen molar-refractivity contribution in [3.8, 4) is 0 Å². The largest absolute Gasteiger partial charge is 0.310 e. The highest BCUT2D eigenvalue weighted by molar-refractivity contribution is 7.91. The van der Waals surface area contributed by atoms with Gasteiger partial charge >= 0.3 is 0 Å². The highest BCUT2D eigenvalue weighted by Gasteiger charge is 2.26. The van der Waals surface area contributed by atoms with Crippen molar-refractivity contribution in [2.45, 2.75) is 32.4 Å². The number of nitrogens with zero attached hydrogens (tertiary/aromatic N) is 1. The Morgan fingerprint density at radius 3 is 2.78 bits per heavy atom. The molecule has 1 aliphatic rings. The van der Waals surface area contributed by atoms with Crippen molar-refractivity contribution in [1.82, 2.24) is 10.3 Å². The zero-order chi connectivity index (χ0) is 13.0. The normalized spacial score (nSPS) is 21.6. The van der Waals surface area contributed by atoms with Crippen molar-refractivity contribution in [1.29, 1.82) is 0 Å². The molecule has 2 rings (SSSR count). The number of nitrogens with one attached hydrogen (secondary N) is 1. The standard InChI is InChI=1S/C13H20N2O2S/c1-11(13-4-7-18(16,17)8-5-13)15-10-12-3-2-6-14-9-12/h2-3,6,9,11,13,15H,4-5,7-8,10H2,1H3. The molecule has 0 amide bonds. The Hall–Kier alpha value is -0.940. The number of hydrogen-bond acceptors (Lipinski definition) is 4. The molecule has 1 saturated heterocycles. The third-order valence-corrected chi connectivity index (χ3v) is 5.37. The number of pyridine rings is 1. The predicted molar refractivity (Wildman–Crippen MR) is 71.9 cm³/mol. The second-order valence-corrected chi connectivity index (χ2v) is 7.32. The molecule has 0 spiro atoms. The van der Waals surface area contributed by atoms with Crippen LogP contribution in [0.3, 0.4) is 0 Å². The maximum atomic E-state index is 11.4. The summed E-state index contributed by atoms with van der Waals surface area (Å²) in [5, 5.41) is 3.46. The predicted octanol–water partition coefficient (Wildman–Crippen LogP) is 1.38. The Morgan fingerprint density at radius 2 is 2.17 bits per heavy atom. The highest BCUT2D eigenvalue weighted by atomic mass is 32.2. The van der Waals surface area contributed by atoms with Gasteiger partial charge in [0.1, 0.15) is 9.84 Å². The summed E-state index contributed by atoms with van der Waals surface area (Å²) in [6.07, 6.45) is 5.18. The molecule has 1 aromatic rings. The van der Waals surface area contributed by atoms with E-state index in [0.717, 1.165) is 24.9 Å². The molecule has 0 radical (unpaired) electrons. The second-order valence-electron chi connectivity index (χ2n) is 5.02. The van der Waals surface area contributed by atoms with Crippen LogP contribution in [0.1, 0.15) is 25.3 Å². The monoisotopic (exact) mass is 268 g/mol. The van der Waals surface area contributed by atoms with Gasteiger partial charge in [0.2, 0.25) is 0 Å². The lowest BCUT2D eigenvalue weighted by molar-refractivity contribution is 0.345. The van der Waals surface area contributed by atoms with E-state index in [9.17, 15) is 8.42 Å². The van der Waals surface area contributed by atoms with E-state index in [4.69, 9.17) is 0 Å². The number of sulfone groups is 1. The molecular formula is C13H20N2O2S. The molecule has 1 unspecified atom stereocenters. The molecule has 1 N–H and O–H groups in total. The fraction of sp³-hybridized carbons (Fsp3) is 0.615. The second kappa shape index (κ2) is 5.80. The van der Waals surface area contributed by atoms with Crippen molar-refractivity contribution in [3.63, 3.8) is 0 Å². The first-order chi connectivity index (χ1) is 8.57. The highest BCUT2D eigenvalue weighted by Crippen LogP contribution is 2.22. The van der Waals surface area contributed by atoms with E-state index in [1.165, 1.54) is 0 Å². The molecular weight excluding hydrogens is 248 g/mol. The fourth-order valence-electron chi connectivity index (χ4n) is 2.36. The topological polar surface area (TPSA) is 59.1 Å². The minimum absolute atomic E-state index is 0.344. The van der Waals surface area contributed by atoms with E-state index in [0.29, 0.717) is 23.5 Å². The average molecular weight is 268 g/mol. The summed E-state index contributed by atoms with van der Waals surface area (Å²) in [6.45, 7) is 2.93. The molecule has 0 aliphatic carbocycles. The van der Waals surface area contributed by atoms with Crippen molar-refractivity contribution < 1.29 is 8.42 Å². The lowest BCUT2D eigenvalue weighted by Crippen LogP contribution is -2.38. The van der Waals surface area contributed by atoms with Crippen LogP contribution in [0.5, 0.6) is 0 Å². The smallest absolute Gasteiger partial charge is 0.150 e. The van der Waals surface area contributed by atoms with Gasteiger partial charge < -0.3 is 5.32 Å². The van der Waals surface area contributed by atoms with E-state index in [1.54, 1.807) is 6.20 Å². The van der Waals surface area contributed by atoms with Crippen LogP contribution in [0, 0.1) is 5.92 Å². The molecule has 0 aromatic carbocycles. The maximum Gasteiger partial charge on any atom is 0.150 e. The molecule has 1 atom stereocenters. The Kier molecular flexibility index (Phi) is 4.35. The molecule has 100 valence electrons.